The smallest absolute Gasteiger partial charge is 0.250 e. The number of rotatable bonds is 6. The second kappa shape index (κ2) is 9.96. The zero-order valence-electron chi connectivity index (χ0n) is 14.0. The molecule has 0 unspecified atom stereocenters. The Labute approximate surface area is 189 Å². The van der Waals surface area contributed by atoms with Crippen LogP contribution < -0.4 is 5.32 Å². The first-order chi connectivity index (χ1) is 13.4. The zero-order chi connectivity index (χ0) is 20.1. The lowest BCUT2D eigenvalue weighted by atomic mass is 10.2. The normalized spacial score (nSPS) is 11.1. The molecule has 0 atom stereocenters. The summed E-state index contributed by atoms with van der Waals surface area (Å²) in [5, 5.41) is 13.3. The Morgan fingerprint density at radius 3 is 2.46 bits per heavy atom. The molecule has 0 fully saturated rings. The summed E-state index contributed by atoms with van der Waals surface area (Å²) in [5.74, 6) is 0.285. The molecule has 1 N–H and O–H groups in total. The van der Waals surface area contributed by atoms with Gasteiger partial charge in [-0.1, -0.05) is 81.6 Å². The van der Waals surface area contributed by atoms with Crippen molar-refractivity contribution in [1.82, 2.24) is 10.2 Å². The molecule has 0 spiro atoms. The maximum Gasteiger partial charge on any atom is 0.250 e. The van der Waals surface area contributed by atoms with Crippen LogP contribution in [0.25, 0.3) is 6.08 Å². The fourth-order valence-electron chi connectivity index (χ4n) is 2.05. The van der Waals surface area contributed by atoms with E-state index in [2.05, 4.69) is 15.5 Å². The SMILES string of the molecule is O=C(C=Cc1ccc(Cl)cc1Cl)Nc1nnc(SCc2ccc(Cl)cc2Cl)s1. The fourth-order valence-corrected chi connectivity index (χ4v) is 4.83. The molecule has 0 aliphatic rings. The highest BCUT2D eigenvalue weighted by Crippen LogP contribution is 2.31. The molecule has 1 amide bonds. The number of nitrogens with one attached hydrogen (secondary N) is 1. The van der Waals surface area contributed by atoms with Crippen molar-refractivity contribution < 1.29 is 4.79 Å². The summed E-state index contributed by atoms with van der Waals surface area (Å²) in [4.78, 5) is 12.1. The Balaban J connectivity index is 1.56. The second-order valence-electron chi connectivity index (χ2n) is 5.39. The number of carbonyl (C=O) groups is 1. The van der Waals surface area contributed by atoms with Crippen LogP contribution in [-0.4, -0.2) is 16.1 Å². The first kappa shape index (κ1) is 21.4. The molecule has 3 aromatic rings. The van der Waals surface area contributed by atoms with Crippen molar-refractivity contribution in [1.29, 1.82) is 0 Å². The van der Waals surface area contributed by atoms with Gasteiger partial charge in [0.15, 0.2) is 4.34 Å². The van der Waals surface area contributed by atoms with Crippen molar-refractivity contribution in [2.24, 2.45) is 0 Å². The van der Waals surface area contributed by atoms with Crippen molar-refractivity contribution >= 4 is 86.6 Å². The largest absolute Gasteiger partial charge is 0.297 e. The van der Waals surface area contributed by atoms with E-state index in [0.29, 0.717) is 40.9 Å². The molecule has 0 radical (unpaired) electrons. The number of carbonyl (C=O) groups excluding carboxylic acids is 1. The first-order valence-electron chi connectivity index (χ1n) is 7.75. The summed E-state index contributed by atoms with van der Waals surface area (Å²) in [7, 11) is 0. The van der Waals surface area contributed by atoms with E-state index in [1.807, 2.05) is 6.07 Å². The van der Waals surface area contributed by atoms with Crippen molar-refractivity contribution in [2.45, 2.75) is 10.1 Å². The molecule has 28 heavy (non-hydrogen) atoms. The topological polar surface area (TPSA) is 54.9 Å². The van der Waals surface area contributed by atoms with Crippen molar-refractivity contribution in [3.05, 3.63) is 73.7 Å². The lowest BCUT2D eigenvalue weighted by molar-refractivity contribution is -0.111. The van der Waals surface area contributed by atoms with Crippen molar-refractivity contribution in [3.8, 4) is 0 Å². The predicted octanol–water partition coefficient (Wildman–Crippen LogP) is 7.10. The summed E-state index contributed by atoms with van der Waals surface area (Å²) in [5.41, 5.74) is 1.63. The molecule has 0 saturated heterocycles. The third kappa shape index (κ3) is 6.11. The molecular weight excluding hydrogens is 480 g/mol. The molecule has 1 aromatic heterocycles. The number of thioether (sulfide) groups is 1. The van der Waals surface area contributed by atoms with E-state index in [4.69, 9.17) is 46.4 Å². The van der Waals surface area contributed by atoms with Gasteiger partial charge in [-0.25, -0.2) is 0 Å². The van der Waals surface area contributed by atoms with Gasteiger partial charge in [0.1, 0.15) is 0 Å². The Morgan fingerprint density at radius 2 is 1.75 bits per heavy atom. The lowest BCUT2D eigenvalue weighted by Crippen LogP contribution is -2.07. The lowest BCUT2D eigenvalue weighted by Gasteiger charge is -2.02. The van der Waals surface area contributed by atoms with Crippen LogP contribution in [0.3, 0.4) is 0 Å². The average Bonchev–Trinajstić information content (AvgIpc) is 3.07. The van der Waals surface area contributed by atoms with E-state index >= 15 is 0 Å². The minimum atomic E-state index is -0.334. The van der Waals surface area contributed by atoms with Crippen LogP contribution in [0.2, 0.25) is 20.1 Å². The summed E-state index contributed by atoms with van der Waals surface area (Å²) in [6, 6.07) is 10.4. The van der Waals surface area contributed by atoms with Crippen LogP contribution in [0.4, 0.5) is 5.13 Å². The second-order valence-corrected chi connectivity index (χ2v) is 9.27. The standard InChI is InChI=1S/C18H11Cl4N3OS2/c19-12-4-1-10(14(21)7-12)3-6-16(26)23-17-24-25-18(28-17)27-9-11-2-5-13(20)8-15(11)22/h1-8H,9H2,(H,23,24,26). The Kier molecular flexibility index (Phi) is 7.62. The summed E-state index contributed by atoms with van der Waals surface area (Å²) < 4.78 is 0.714. The predicted molar refractivity (Wildman–Crippen MR) is 120 cm³/mol. The summed E-state index contributed by atoms with van der Waals surface area (Å²) >= 11 is 26.7. The van der Waals surface area contributed by atoms with E-state index in [-0.39, 0.29) is 5.91 Å². The van der Waals surface area contributed by atoms with Crippen LogP contribution in [0, 0.1) is 0 Å². The fraction of sp³-hybridized carbons (Fsp3) is 0.0556. The third-order valence-electron chi connectivity index (χ3n) is 3.38. The zero-order valence-corrected chi connectivity index (χ0v) is 18.6. The van der Waals surface area contributed by atoms with Crippen LogP contribution >= 0.6 is 69.5 Å². The van der Waals surface area contributed by atoms with E-state index in [9.17, 15) is 4.79 Å². The quantitative estimate of drug-likeness (QED) is 0.227. The van der Waals surface area contributed by atoms with Gasteiger partial charge < -0.3 is 0 Å². The van der Waals surface area contributed by atoms with Gasteiger partial charge in [-0.3, -0.25) is 10.1 Å². The molecule has 144 valence electrons. The highest BCUT2D eigenvalue weighted by atomic mass is 35.5. The van der Waals surface area contributed by atoms with Gasteiger partial charge in [0.2, 0.25) is 11.0 Å². The molecule has 3 rings (SSSR count). The minimum Gasteiger partial charge on any atom is -0.297 e. The number of anilines is 1. The Morgan fingerprint density at radius 1 is 1.04 bits per heavy atom. The van der Waals surface area contributed by atoms with Crippen LogP contribution in [0.5, 0.6) is 0 Å². The third-order valence-corrected chi connectivity index (χ3v) is 6.55. The van der Waals surface area contributed by atoms with E-state index in [0.717, 1.165) is 5.56 Å². The average molecular weight is 491 g/mol. The Bertz CT molecular complexity index is 1040. The van der Waals surface area contributed by atoms with Gasteiger partial charge in [0.25, 0.3) is 0 Å². The van der Waals surface area contributed by atoms with E-state index in [1.54, 1.807) is 36.4 Å². The van der Waals surface area contributed by atoms with Gasteiger partial charge in [0.05, 0.1) is 0 Å². The molecule has 10 heteroatoms. The number of benzene rings is 2. The van der Waals surface area contributed by atoms with Crippen LogP contribution in [0.15, 0.2) is 46.8 Å². The maximum absolute atomic E-state index is 12.1. The number of hydrogen-bond donors (Lipinski definition) is 1. The monoisotopic (exact) mass is 489 g/mol. The van der Waals surface area contributed by atoms with Gasteiger partial charge >= 0.3 is 0 Å². The van der Waals surface area contributed by atoms with Gasteiger partial charge in [-0.15, -0.1) is 10.2 Å². The molecule has 2 aromatic carbocycles. The van der Waals surface area contributed by atoms with Crippen molar-refractivity contribution in [2.75, 3.05) is 5.32 Å². The highest BCUT2D eigenvalue weighted by Gasteiger charge is 2.09. The molecule has 0 bridgehead atoms. The first-order valence-corrected chi connectivity index (χ1v) is 11.1. The molecule has 4 nitrogen and oxygen atoms in total. The van der Waals surface area contributed by atoms with Crippen molar-refractivity contribution in [3.63, 3.8) is 0 Å². The summed E-state index contributed by atoms with van der Waals surface area (Å²) in [6.07, 6.45) is 2.98. The van der Waals surface area contributed by atoms with Gasteiger partial charge in [-0.2, -0.15) is 0 Å². The minimum absolute atomic E-state index is 0.334. The molecular formula is C18H11Cl4N3OS2. The Hall–Kier alpha value is -1.28. The van der Waals surface area contributed by atoms with Crippen LogP contribution in [-0.2, 0) is 10.5 Å². The van der Waals surface area contributed by atoms with Gasteiger partial charge in [0, 0.05) is 31.9 Å². The van der Waals surface area contributed by atoms with Gasteiger partial charge in [-0.05, 0) is 41.5 Å². The molecule has 0 aliphatic carbocycles. The molecule has 1 heterocycles. The number of halogens is 4. The summed E-state index contributed by atoms with van der Waals surface area (Å²) in [6.45, 7) is 0. The highest BCUT2D eigenvalue weighted by molar-refractivity contribution is 8.00. The number of amides is 1. The number of aromatic nitrogens is 2. The van der Waals surface area contributed by atoms with E-state index in [1.165, 1.54) is 29.2 Å². The van der Waals surface area contributed by atoms with Crippen LogP contribution in [0.1, 0.15) is 11.1 Å². The molecule has 0 aliphatic heterocycles. The molecule has 0 saturated carbocycles. The maximum atomic E-state index is 12.1. The van der Waals surface area contributed by atoms with E-state index < -0.39 is 0 Å². The number of hydrogen-bond acceptors (Lipinski definition) is 5. The number of nitrogens with zero attached hydrogens (tertiary/aromatic N) is 2.